The lowest BCUT2D eigenvalue weighted by molar-refractivity contribution is -0.137. The highest BCUT2D eigenvalue weighted by atomic mass is 28.3. The Bertz CT molecular complexity index is 848. The molecule has 7 heteroatoms. The van der Waals surface area contributed by atoms with Crippen molar-refractivity contribution in [3.8, 4) is 0 Å². The Hall–Kier alpha value is -1.57. The fourth-order valence-corrected chi connectivity index (χ4v) is 6.95. The maximum atomic E-state index is 13.0. The normalized spacial score (nSPS) is 19.7. The van der Waals surface area contributed by atoms with Gasteiger partial charge in [-0.2, -0.15) is 13.2 Å². The molecule has 1 fully saturated rings. The second-order valence-corrected chi connectivity index (χ2v) is 14.5. The van der Waals surface area contributed by atoms with Gasteiger partial charge < -0.3 is 9.31 Å². The third-order valence-electron chi connectivity index (χ3n) is 6.78. The standard InChI is InChI=1S/C23H30BF3O2Si/c1-21(2)22(3,4)29-24(28-21)20(30(5,6)19-10-8-7-9-11-19)16-17-12-14-18(15-13-17)23(25,26)27/h7-15,20H,16H2,1-6H3. The molecule has 1 aliphatic heterocycles. The first-order chi connectivity index (χ1) is 13.7. The molecule has 0 aliphatic carbocycles. The van der Waals surface area contributed by atoms with Crippen LogP contribution in [-0.2, 0) is 21.9 Å². The van der Waals surface area contributed by atoms with Crippen molar-refractivity contribution in [2.75, 3.05) is 0 Å². The summed E-state index contributed by atoms with van der Waals surface area (Å²) >= 11 is 0. The third kappa shape index (κ3) is 4.53. The van der Waals surface area contributed by atoms with E-state index in [9.17, 15) is 13.2 Å². The summed E-state index contributed by atoms with van der Waals surface area (Å²) in [4.78, 5) is 0. The second kappa shape index (κ2) is 7.84. The van der Waals surface area contributed by atoms with Gasteiger partial charge in [0.1, 0.15) is 0 Å². The minimum Gasteiger partial charge on any atom is -0.403 e. The monoisotopic (exact) mass is 434 g/mol. The van der Waals surface area contributed by atoms with Crippen molar-refractivity contribution in [2.45, 2.75) is 70.0 Å². The van der Waals surface area contributed by atoms with Crippen molar-refractivity contribution < 1.29 is 22.5 Å². The first kappa shape index (κ1) is 23.1. The topological polar surface area (TPSA) is 18.5 Å². The van der Waals surface area contributed by atoms with Gasteiger partial charge in [0.05, 0.1) is 24.8 Å². The molecule has 30 heavy (non-hydrogen) atoms. The Balaban J connectivity index is 1.96. The molecule has 0 aromatic heterocycles. The molecule has 2 aromatic carbocycles. The largest absolute Gasteiger partial charge is 0.458 e. The highest BCUT2D eigenvalue weighted by molar-refractivity contribution is 6.97. The summed E-state index contributed by atoms with van der Waals surface area (Å²) in [7, 11) is -2.52. The zero-order valence-electron chi connectivity index (χ0n) is 18.5. The molecule has 2 aromatic rings. The molecule has 0 radical (unpaired) electrons. The molecule has 0 amide bonds. The summed E-state index contributed by atoms with van der Waals surface area (Å²) < 4.78 is 51.8. The van der Waals surface area contributed by atoms with Crippen LogP contribution >= 0.6 is 0 Å². The summed E-state index contributed by atoms with van der Waals surface area (Å²) in [5.74, 6) is 0. The van der Waals surface area contributed by atoms with E-state index in [1.165, 1.54) is 5.19 Å². The lowest BCUT2D eigenvalue weighted by atomic mass is 9.80. The van der Waals surface area contributed by atoms with Crippen LogP contribution < -0.4 is 5.19 Å². The van der Waals surface area contributed by atoms with Gasteiger partial charge in [0.2, 0.25) is 0 Å². The number of hydrogen-bond acceptors (Lipinski definition) is 2. The molecule has 0 N–H and O–H groups in total. The Morgan fingerprint density at radius 3 is 1.83 bits per heavy atom. The van der Waals surface area contributed by atoms with E-state index in [4.69, 9.17) is 9.31 Å². The summed E-state index contributed by atoms with van der Waals surface area (Å²) in [6, 6.07) is 15.8. The van der Waals surface area contributed by atoms with Crippen LogP contribution in [0.2, 0.25) is 18.5 Å². The zero-order valence-corrected chi connectivity index (χ0v) is 19.5. The third-order valence-corrected chi connectivity index (χ3v) is 10.9. The minimum atomic E-state index is -4.33. The Kier molecular flexibility index (Phi) is 6.04. The fourth-order valence-electron chi connectivity index (χ4n) is 3.91. The van der Waals surface area contributed by atoms with Gasteiger partial charge in [-0.15, -0.1) is 0 Å². The summed E-state index contributed by atoms with van der Waals surface area (Å²) in [6.07, 6.45) is -3.73. The molecular formula is C23H30BF3O2Si. The van der Waals surface area contributed by atoms with Crippen molar-refractivity contribution in [2.24, 2.45) is 0 Å². The number of rotatable bonds is 5. The SMILES string of the molecule is CC1(C)OB(C(Cc2ccc(C(F)(F)F)cc2)[Si](C)(C)c2ccccc2)OC1(C)C. The molecule has 1 saturated heterocycles. The van der Waals surface area contributed by atoms with Crippen LogP contribution in [-0.4, -0.2) is 26.4 Å². The fraction of sp³-hybridized carbons (Fsp3) is 0.478. The molecule has 1 aliphatic rings. The zero-order chi connectivity index (χ0) is 22.4. The number of halogens is 3. The van der Waals surface area contributed by atoms with Crippen LogP contribution in [0.25, 0.3) is 0 Å². The molecule has 2 nitrogen and oxygen atoms in total. The highest BCUT2D eigenvalue weighted by Crippen LogP contribution is 2.43. The van der Waals surface area contributed by atoms with Crippen LogP contribution in [0.15, 0.2) is 54.6 Å². The molecule has 0 bridgehead atoms. The van der Waals surface area contributed by atoms with Crippen LogP contribution in [0.1, 0.15) is 38.8 Å². The van der Waals surface area contributed by atoms with Crippen molar-refractivity contribution in [1.82, 2.24) is 0 Å². The number of alkyl halides is 3. The second-order valence-electron chi connectivity index (χ2n) is 9.72. The van der Waals surface area contributed by atoms with Crippen LogP contribution in [0, 0.1) is 0 Å². The Labute approximate surface area is 178 Å². The van der Waals surface area contributed by atoms with Gasteiger partial charge in [0.25, 0.3) is 0 Å². The van der Waals surface area contributed by atoms with Crippen molar-refractivity contribution in [1.29, 1.82) is 0 Å². The predicted octanol–water partition coefficient (Wildman–Crippen LogP) is 5.87. The molecule has 0 saturated carbocycles. The Morgan fingerprint density at radius 2 is 1.37 bits per heavy atom. The van der Waals surface area contributed by atoms with Gasteiger partial charge in [0, 0.05) is 0 Å². The predicted molar refractivity (Wildman–Crippen MR) is 119 cm³/mol. The molecule has 162 valence electrons. The summed E-state index contributed by atoms with van der Waals surface area (Å²) in [5, 5.41) is 1.27. The lowest BCUT2D eigenvalue weighted by Gasteiger charge is -2.34. The number of benzene rings is 2. The molecular weight excluding hydrogens is 404 g/mol. The van der Waals surface area contributed by atoms with Gasteiger partial charge >= 0.3 is 13.3 Å². The van der Waals surface area contributed by atoms with E-state index in [2.05, 4.69) is 25.2 Å². The molecule has 3 rings (SSSR count). The smallest absolute Gasteiger partial charge is 0.403 e. The van der Waals surface area contributed by atoms with Gasteiger partial charge in [0.15, 0.2) is 0 Å². The number of hydrogen-bond donors (Lipinski definition) is 0. The van der Waals surface area contributed by atoms with Crippen LogP contribution in [0.3, 0.4) is 0 Å². The maximum Gasteiger partial charge on any atom is 0.458 e. The summed E-state index contributed by atoms with van der Waals surface area (Å²) in [6.45, 7) is 12.7. The van der Waals surface area contributed by atoms with E-state index >= 15 is 0 Å². The molecule has 1 atom stereocenters. The highest BCUT2D eigenvalue weighted by Gasteiger charge is 2.57. The van der Waals surface area contributed by atoms with Crippen molar-refractivity contribution >= 4 is 20.4 Å². The average molecular weight is 434 g/mol. The van der Waals surface area contributed by atoms with E-state index in [1.54, 1.807) is 12.1 Å². The van der Waals surface area contributed by atoms with Crippen LogP contribution in [0.5, 0.6) is 0 Å². The van der Waals surface area contributed by atoms with Gasteiger partial charge in [-0.3, -0.25) is 0 Å². The first-order valence-electron chi connectivity index (χ1n) is 10.3. The van der Waals surface area contributed by atoms with Crippen molar-refractivity contribution in [3.63, 3.8) is 0 Å². The molecule has 1 unspecified atom stereocenters. The maximum absolute atomic E-state index is 13.0. The van der Waals surface area contributed by atoms with Crippen molar-refractivity contribution in [3.05, 3.63) is 65.7 Å². The van der Waals surface area contributed by atoms with E-state index in [1.807, 2.05) is 45.9 Å². The van der Waals surface area contributed by atoms with Gasteiger partial charge in [-0.25, -0.2) is 0 Å². The first-order valence-corrected chi connectivity index (χ1v) is 13.4. The average Bonchev–Trinajstić information content (AvgIpc) is 2.87. The van der Waals surface area contributed by atoms with Gasteiger partial charge in [-0.1, -0.05) is 60.7 Å². The molecule has 0 spiro atoms. The van der Waals surface area contributed by atoms with E-state index in [0.29, 0.717) is 6.42 Å². The van der Waals surface area contributed by atoms with Crippen LogP contribution in [0.4, 0.5) is 13.2 Å². The van der Waals surface area contributed by atoms with E-state index in [-0.39, 0.29) is 5.44 Å². The van der Waals surface area contributed by atoms with E-state index in [0.717, 1.165) is 17.7 Å². The van der Waals surface area contributed by atoms with E-state index < -0.39 is 38.1 Å². The lowest BCUT2D eigenvalue weighted by Crippen LogP contribution is -2.53. The Morgan fingerprint density at radius 1 is 0.867 bits per heavy atom. The van der Waals surface area contributed by atoms with Gasteiger partial charge in [-0.05, 0) is 57.3 Å². The minimum absolute atomic E-state index is 0.0395. The quantitative estimate of drug-likeness (QED) is 0.549. The molecule has 1 heterocycles. The summed E-state index contributed by atoms with van der Waals surface area (Å²) in [5.41, 5.74) is -0.649.